The van der Waals surface area contributed by atoms with Crippen LogP contribution in [0.15, 0.2) is 36.5 Å². The maximum atomic E-state index is 10.8. The molecular weight excluding hydrogens is 190 g/mol. The van der Waals surface area contributed by atoms with Gasteiger partial charge in [-0.3, -0.25) is 4.79 Å². The lowest BCUT2D eigenvalue weighted by molar-refractivity contribution is 0.0991. The van der Waals surface area contributed by atoms with E-state index in [0.29, 0.717) is 5.69 Å². The standard InChI is InChI=1S/C11H10N3O/c12-10(15)11-13-7-9(14-11)6-8-4-2-1-3-5-8/h1-7H,(H2,12,15)(H,13,14). The number of H-pyrrole nitrogens is 1. The number of aromatic nitrogens is 2. The van der Waals surface area contributed by atoms with E-state index in [1.807, 2.05) is 36.8 Å². The molecular formula is C11H10N3O. The second-order valence-corrected chi connectivity index (χ2v) is 3.09. The average Bonchev–Trinajstić information content (AvgIpc) is 2.68. The number of benzene rings is 1. The van der Waals surface area contributed by atoms with Crippen LogP contribution in [-0.2, 0) is 0 Å². The van der Waals surface area contributed by atoms with Crippen LogP contribution in [0.3, 0.4) is 0 Å². The highest BCUT2D eigenvalue weighted by Crippen LogP contribution is 2.09. The van der Waals surface area contributed by atoms with Gasteiger partial charge in [-0.05, 0) is 5.56 Å². The van der Waals surface area contributed by atoms with Crippen LogP contribution in [-0.4, -0.2) is 15.9 Å². The summed E-state index contributed by atoms with van der Waals surface area (Å²) in [5.74, 6) is -0.375. The summed E-state index contributed by atoms with van der Waals surface area (Å²) in [5, 5.41) is 0. The molecule has 0 bridgehead atoms. The number of imidazole rings is 1. The molecule has 0 saturated carbocycles. The number of carbonyl (C=O) groups is 1. The molecule has 1 aromatic carbocycles. The van der Waals surface area contributed by atoms with E-state index < -0.39 is 5.91 Å². The van der Waals surface area contributed by atoms with Crippen molar-refractivity contribution < 1.29 is 4.79 Å². The first-order chi connectivity index (χ1) is 7.25. The number of hydrogen-bond donors (Lipinski definition) is 2. The number of hydrogen-bond acceptors (Lipinski definition) is 2. The maximum absolute atomic E-state index is 10.8. The van der Waals surface area contributed by atoms with Gasteiger partial charge < -0.3 is 10.7 Å². The molecule has 0 aliphatic carbocycles. The molecule has 0 atom stereocenters. The SMILES string of the molecule is NC(=O)c1nc([CH]c2ccccc2)c[nH]1. The van der Waals surface area contributed by atoms with Crippen LogP contribution >= 0.6 is 0 Å². The smallest absolute Gasteiger partial charge is 0.284 e. The minimum Gasteiger partial charge on any atom is -0.363 e. The zero-order valence-electron chi connectivity index (χ0n) is 7.97. The van der Waals surface area contributed by atoms with Gasteiger partial charge >= 0.3 is 0 Å². The first-order valence-corrected chi connectivity index (χ1v) is 4.51. The molecule has 0 spiro atoms. The van der Waals surface area contributed by atoms with Crippen molar-refractivity contribution in [2.24, 2.45) is 5.73 Å². The van der Waals surface area contributed by atoms with Gasteiger partial charge in [0.2, 0.25) is 0 Å². The second kappa shape index (κ2) is 3.96. The van der Waals surface area contributed by atoms with Gasteiger partial charge in [0.1, 0.15) is 0 Å². The third-order valence-electron chi connectivity index (χ3n) is 1.95. The van der Waals surface area contributed by atoms with Crippen LogP contribution in [0.2, 0.25) is 0 Å². The second-order valence-electron chi connectivity index (χ2n) is 3.09. The topological polar surface area (TPSA) is 71.8 Å². The van der Waals surface area contributed by atoms with E-state index in [9.17, 15) is 4.79 Å². The molecule has 1 amide bonds. The molecule has 4 nitrogen and oxygen atoms in total. The minimum absolute atomic E-state index is 0.178. The summed E-state index contributed by atoms with van der Waals surface area (Å²) in [5.41, 5.74) is 6.79. The van der Waals surface area contributed by atoms with Crippen molar-refractivity contribution in [1.82, 2.24) is 9.97 Å². The van der Waals surface area contributed by atoms with Crippen LogP contribution in [0.25, 0.3) is 0 Å². The van der Waals surface area contributed by atoms with E-state index in [2.05, 4.69) is 9.97 Å². The molecule has 0 aliphatic rings. The van der Waals surface area contributed by atoms with Gasteiger partial charge in [0, 0.05) is 12.6 Å². The Hall–Kier alpha value is -2.10. The summed E-state index contributed by atoms with van der Waals surface area (Å²) < 4.78 is 0. The number of rotatable bonds is 3. The van der Waals surface area contributed by atoms with E-state index in [1.54, 1.807) is 6.20 Å². The summed E-state index contributed by atoms with van der Waals surface area (Å²) in [6.45, 7) is 0. The van der Waals surface area contributed by atoms with E-state index in [1.165, 1.54) is 0 Å². The van der Waals surface area contributed by atoms with Crippen LogP contribution in [0.1, 0.15) is 21.9 Å². The van der Waals surface area contributed by atoms with Gasteiger partial charge in [-0.25, -0.2) is 4.98 Å². The van der Waals surface area contributed by atoms with Gasteiger partial charge in [-0.15, -0.1) is 0 Å². The lowest BCUT2D eigenvalue weighted by atomic mass is 10.1. The zero-order valence-corrected chi connectivity index (χ0v) is 7.97. The lowest BCUT2D eigenvalue weighted by Crippen LogP contribution is -2.12. The first kappa shape index (κ1) is 9.45. The highest BCUT2D eigenvalue weighted by atomic mass is 16.1. The highest BCUT2D eigenvalue weighted by Gasteiger charge is 2.06. The van der Waals surface area contributed by atoms with Crippen molar-refractivity contribution >= 4 is 5.91 Å². The van der Waals surface area contributed by atoms with Crippen molar-refractivity contribution in [3.63, 3.8) is 0 Å². The van der Waals surface area contributed by atoms with Gasteiger partial charge in [-0.1, -0.05) is 30.3 Å². The molecule has 2 rings (SSSR count). The van der Waals surface area contributed by atoms with E-state index in [-0.39, 0.29) is 5.82 Å². The van der Waals surface area contributed by atoms with Crippen molar-refractivity contribution in [1.29, 1.82) is 0 Å². The highest BCUT2D eigenvalue weighted by molar-refractivity contribution is 5.88. The fraction of sp³-hybridized carbons (Fsp3) is 0. The Bertz CT molecular complexity index is 462. The maximum Gasteiger partial charge on any atom is 0.284 e. The Labute approximate surface area is 87.1 Å². The van der Waals surface area contributed by atoms with Crippen LogP contribution < -0.4 is 5.73 Å². The summed E-state index contributed by atoms with van der Waals surface area (Å²) in [6, 6.07) is 9.73. The van der Waals surface area contributed by atoms with E-state index in [0.717, 1.165) is 5.56 Å². The van der Waals surface area contributed by atoms with Crippen molar-refractivity contribution in [2.45, 2.75) is 0 Å². The number of amides is 1. The normalized spacial score (nSPS) is 10.1. The number of carbonyl (C=O) groups excluding carboxylic acids is 1. The van der Waals surface area contributed by atoms with Crippen molar-refractivity contribution in [2.75, 3.05) is 0 Å². The van der Waals surface area contributed by atoms with E-state index >= 15 is 0 Å². The molecule has 1 heterocycles. The number of nitrogens with zero attached hydrogens (tertiary/aromatic N) is 1. The number of aromatic amines is 1. The monoisotopic (exact) mass is 200 g/mol. The number of nitrogens with one attached hydrogen (secondary N) is 1. The van der Waals surface area contributed by atoms with Gasteiger partial charge in [0.25, 0.3) is 5.91 Å². The largest absolute Gasteiger partial charge is 0.363 e. The minimum atomic E-state index is -0.553. The molecule has 1 radical (unpaired) electrons. The number of primary amides is 1. The molecule has 0 saturated heterocycles. The summed E-state index contributed by atoms with van der Waals surface area (Å²) >= 11 is 0. The molecule has 0 fully saturated rings. The Kier molecular flexibility index (Phi) is 2.49. The predicted octanol–water partition coefficient (Wildman–Crippen LogP) is 1.11. The molecule has 4 heteroatoms. The fourth-order valence-corrected chi connectivity index (χ4v) is 1.26. The third kappa shape index (κ3) is 2.22. The van der Waals surface area contributed by atoms with Crippen molar-refractivity contribution in [3.05, 3.63) is 60.0 Å². The molecule has 3 N–H and O–H groups in total. The van der Waals surface area contributed by atoms with Gasteiger partial charge in [0.05, 0.1) is 5.69 Å². The molecule has 75 valence electrons. The Morgan fingerprint density at radius 1 is 1.33 bits per heavy atom. The molecule has 0 aliphatic heterocycles. The average molecular weight is 200 g/mol. The molecule has 1 aromatic heterocycles. The van der Waals surface area contributed by atoms with Crippen LogP contribution in [0, 0.1) is 6.42 Å². The quantitative estimate of drug-likeness (QED) is 0.779. The molecule has 2 aromatic rings. The number of nitrogens with two attached hydrogens (primary N) is 1. The molecule has 0 unspecified atom stereocenters. The first-order valence-electron chi connectivity index (χ1n) is 4.51. The Morgan fingerprint density at radius 2 is 2.07 bits per heavy atom. The van der Waals surface area contributed by atoms with Gasteiger partial charge in [0.15, 0.2) is 5.82 Å². The summed E-state index contributed by atoms with van der Waals surface area (Å²) in [6.07, 6.45) is 3.51. The Balaban J connectivity index is 2.15. The predicted molar refractivity (Wildman–Crippen MR) is 56.1 cm³/mol. The van der Waals surface area contributed by atoms with Crippen molar-refractivity contribution in [3.8, 4) is 0 Å². The van der Waals surface area contributed by atoms with Crippen LogP contribution in [0.5, 0.6) is 0 Å². The molecule has 15 heavy (non-hydrogen) atoms. The summed E-state index contributed by atoms with van der Waals surface area (Å²) in [7, 11) is 0. The van der Waals surface area contributed by atoms with Gasteiger partial charge in [-0.2, -0.15) is 0 Å². The Morgan fingerprint density at radius 3 is 2.67 bits per heavy atom. The summed E-state index contributed by atoms with van der Waals surface area (Å²) in [4.78, 5) is 17.5. The third-order valence-corrected chi connectivity index (χ3v) is 1.95. The van der Waals surface area contributed by atoms with E-state index in [4.69, 9.17) is 5.73 Å². The lowest BCUT2D eigenvalue weighted by Gasteiger charge is -1.95. The zero-order chi connectivity index (χ0) is 10.7. The fourth-order valence-electron chi connectivity index (χ4n) is 1.26. The van der Waals surface area contributed by atoms with Crippen LogP contribution in [0.4, 0.5) is 0 Å².